The third-order valence-electron chi connectivity index (χ3n) is 3.47. The first-order chi connectivity index (χ1) is 13.4. The van der Waals surface area contributed by atoms with Crippen LogP contribution in [0.5, 0.6) is 11.5 Å². The van der Waals surface area contributed by atoms with E-state index in [0.29, 0.717) is 12.4 Å². The van der Waals surface area contributed by atoms with E-state index in [1.807, 2.05) is 0 Å². The third-order valence-corrected chi connectivity index (χ3v) is 3.47. The quantitative estimate of drug-likeness (QED) is 0.305. The van der Waals surface area contributed by atoms with E-state index >= 15 is 0 Å². The third kappa shape index (κ3) is 5.56. The molecule has 0 spiro atoms. The highest BCUT2D eigenvalue weighted by atomic mass is 16.6. The minimum atomic E-state index is -0.715. The molecule has 2 rings (SSSR count). The molecule has 0 unspecified atom stereocenters. The molecule has 9 nitrogen and oxygen atoms in total. The van der Waals surface area contributed by atoms with Gasteiger partial charge in [-0.1, -0.05) is 12.7 Å². The Bertz CT molecular complexity index is 878. The molecule has 0 fully saturated rings. The number of amides is 1. The van der Waals surface area contributed by atoms with Crippen molar-refractivity contribution in [3.63, 3.8) is 0 Å². The Hall–Kier alpha value is -3.88. The Morgan fingerprint density at radius 2 is 1.86 bits per heavy atom. The number of hydrogen-bond donors (Lipinski definition) is 1. The van der Waals surface area contributed by atoms with Crippen LogP contribution in [0.3, 0.4) is 0 Å². The van der Waals surface area contributed by atoms with Crippen LogP contribution in [0.1, 0.15) is 10.4 Å². The second-order valence-electron chi connectivity index (χ2n) is 5.39. The second kappa shape index (κ2) is 9.72. The summed E-state index contributed by atoms with van der Waals surface area (Å²) in [5, 5.41) is 13.5. The van der Waals surface area contributed by atoms with Crippen LogP contribution >= 0.6 is 0 Å². The van der Waals surface area contributed by atoms with Crippen LogP contribution < -0.4 is 14.8 Å². The molecule has 2 aromatic rings. The number of nitrogens with zero attached hydrogens (tertiary/aromatic N) is 1. The minimum absolute atomic E-state index is 0.0319. The van der Waals surface area contributed by atoms with Gasteiger partial charge in [0, 0.05) is 0 Å². The van der Waals surface area contributed by atoms with E-state index in [1.54, 1.807) is 18.2 Å². The van der Waals surface area contributed by atoms with Gasteiger partial charge >= 0.3 is 5.97 Å². The first-order valence-corrected chi connectivity index (χ1v) is 8.07. The van der Waals surface area contributed by atoms with Crippen molar-refractivity contribution in [3.8, 4) is 11.5 Å². The molecule has 0 aliphatic heterocycles. The van der Waals surface area contributed by atoms with Gasteiger partial charge in [0.05, 0.1) is 23.7 Å². The van der Waals surface area contributed by atoms with Crippen molar-refractivity contribution in [2.24, 2.45) is 0 Å². The predicted molar refractivity (Wildman–Crippen MR) is 101 cm³/mol. The van der Waals surface area contributed by atoms with E-state index in [-0.39, 0.29) is 22.7 Å². The standard InChI is InChI=1S/C19H18N2O7/c1-3-10-27-14-6-4-13(5-7-14)19(23)28-12-18(22)20-16-9-8-15(26-2)11-17(16)21(24)25/h3-9,11H,1,10,12H2,2H3,(H,20,22). The summed E-state index contributed by atoms with van der Waals surface area (Å²) in [7, 11) is 1.37. The number of nitro groups is 1. The van der Waals surface area contributed by atoms with Gasteiger partial charge in [0.1, 0.15) is 23.8 Å². The van der Waals surface area contributed by atoms with E-state index in [0.717, 1.165) is 0 Å². The summed E-state index contributed by atoms with van der Waals surface area (Å²) in [4.78, 5) is 34.4. The molecule has 0 saturated carbocycles. The van der Waals surface area contributed by atoms with Crippen molar-refractivity contribution in [2.75, 3.05) is 25.6 Å². The number of carbonyl (C=O) groups is 2. The fraction of sp³-hybridized carbons (Fsp3) is 0.158. The van der Waals surface area contributed by atoms with Gasteiger partial charge in [-0.15, -0.1) is 0 Å². The topological polar surface area (TPSA) is 117 Å². The normalized spacial score (nSPS) is 9.89. The van der Waals surface area contributed by atoms with Crippen molar-refractivity contribution in [3.05, 3.63) is 70.8 Å². The van der Waals surface area contributed by atoms with Crippen LogP contribution in [-0.4, -0.2) is 37.1 Å². The first-order valence-electron chi connectivity index (χ1n) is 8.07. The van der Waals surface area contributed by atoms with E-state index in [1.165, 1.54) is 37.4 Å². The number of carbonyl (C=O) groups excluding carboxylic acids is 2. The molecule has 1 amide bonds. The van der Waals surface area contributed by atoms with Crippen molar-refractivity contribution >= 4 is 23.3 Å². The second-order valence-corrected chi connectivity index (χ2v) is 5.39. The maximum absolute atomic E-state index is 12.0. The molecule has 0 radical (unpaired) electrons. The van der Waals surface area contributed by atoms with E-state index in [4.69, 9.17) is 14.2 Å². The van der Waals surface area contributed by atoms with Gasteiger partial charge in [-0.2, -0.15) is 0 Å². The number of hydrogen-bond acceptors (Lipinski definition) is 7. The number of nitro benzene ring substituents is 1. The van der Waals surface area contributed by atoms with E-state index in [2.05, 4.69) is 11.9 Å². The van der Waals surface area contributed by atoms with Gasteiger partial charge < -0.3 is 19.5 Å². The van der Waals surface area contributed by atoms with Gasteiger partial charge in [0.2, 0.25) is 0 Å². The first kappa shape index (κ1) is 20.4. The van der Waals surface area contributed by atoms with Crippen LogP contribution in [0.2, 0.25) is 0 Å². The molecule has 0 atom stereocenters. The molecule has 9 heteroatoms. The lowest BCUT2D eigenvalue weighted by Gasteiger charge is -2.09. The smallest absolute Gasteiger partial charge is 0.338 e. The molecular weight excluding hydrogens is 368 g/mol. The molecule has 0 aliphatic rings. The Balaban J connectivity index is 1.94. The van der Waals surface area contributed by atoms with E-state index < -0.39 is 23.4 Å². The summed E-state index contributed by atoms with van der Waals surface area (Å²) >= 11 is 0. The molecule has 0 saturated heterocycles. The van der Waals surface area contributed by atoms with Crippen molar-refractivity contribution < 1.29 is 28.7 Å². The average Bonchev–Trinajstić information content (AvgIpc) is 2.71. The highest BCUT2D eigenvalue weighted by Gasteiger charge is 2.18. The largest absolute Gasteiger partial charge is 0.496 e. The molecular formula is C19H18N2O7. The monoisotopic (exact) mass is 386 g/mol. The maximum Gasteiger partial charge on any atom is 0.338 e. The van der Waals surface area contributed by atoms with Gasteiger partial charge in [-0.25, -0.2) is 4.79 Å². The maximum atomic E-state index is 12.0. The zero-order chi connectivity index (χ0) is 20.5. The molecule has 0 bridgehead atoms. The lowest BCUT2D eigenvalue weighted by atomic mass is 10.2. The Labute approximate surface area is 160 Å². The van der Waals surface area contributed by atoms with E-state index in [9.17, 15) is 19.7 Å². The lowest BCUT2D eigenvalue weighted by molar-refractivity contribution is -0.384. The average molecular weight is 386 g/mol. The number of methoxy groups -OCH3 is 1. The predicted octanol–water partition coefficient (Wildman–Crippen LogP) is 2.96. The highest BCUT2D eigenvalue weighted by molar-refractivity contribution is 5.96. The number of rotatable bonds is 9. The number of ether oxygens (including phenoxy) is 3. The number of anilines is 1. The minimum Gasteiger partial charge on any atom is -0.496 e. The fourth-order valence-electron chi connectivity index (χ4n) is 2.14. The molecule has 0 heterocycles. The van der Waals surface area contributed by atoms with Crippen LogP contribution in [0, 0.1) is 10.1 Å². The summed E-state index contributed by atoms with van der Waals surface area (Å²) in [6, 6.07) is 10.1. The van der Waals surface area contributed by atoms with Gasteiger partial charge in [0.25, 0.3) is 11.6 Å². The number of nitrogens with one attached hydrogen (secondary N) is 1. The summed E-state index contributed by atoms with van der Waals surface area (Å²) in [5.74, 6) is -0.597. The molecule has 0 aliphatic carbocycles. The van der Waals surface area contributed by atoms with Gasteiger partial charge in [-0.3, -0.25) is 14.9 Å². The Morgan fingerprint density at radius 3 is 2.46 bits per heavy atom. The Morgan fingerprint density at radius 1 is 1.18 bits per heavy atom. The zero-order valence-electron chi connectivity index (χ0n) is 15.0. The van der Waals surface area contributed by atoms with Crippen molar-refractivity contribution in [1.29, 1.82) is 0 Å². The van der Waals surface area contributed by atoms with Crippen LogP contribution in [-0.2, 0) is 9.53 Å². The fourth-order valence-corrected chi connectivity index (χ4v) is 2.14. The zero-order valence-corrected chi connectivity index (χ0v) is 15.0. The number of benzene rings is 2. The van der Waals surface area contributed by atoms with Crippen molar-refractivity contribution in [1.82, 2.24) is 0 Å². The summed E-state index contributed by atoms with van der Waals surface area (Å²) in [5.41, 5.74) is -0.140. The molecule has 0 aromatic heterocycles. The van der Waals surface area contributed by atoms with Gasteiger partial charge in [-0.05, 0) is 36.4 Å². The SMILES string of the molecule is C=CCOc1ccc(C(=O)OCC(=O)Nc2ccc(OC)cc2[N+](=O)[O-])cc1. The Kier molecular flexibility index (Phi) is 7.09. The summed E-state index contributed by atoms with van der Waals surface area (Å²) < 4.78 is 15.2. The van der Waals surface area contributed by atoms with Crippen LogP contribution in [0.4, 0.5) is 11.4 Å². The van der Waals surface area contributed by atoms with Gasteiger partial charge in [0.15, 0.2) is 6.61 Å². The lowest BCUT2D eigenvalue weighted by Crippen LogP contribution is -2.21. The molecule has 146 valence electrons. The molecule has 2 aromatic carbocycles. The molecule has 1 N–H and O–H groups in total. The highest BCUT2D eigenvalue weighted by Crippen LogP contribution is 2.28. The summed E-state index contributed by atoms with van der Waals surface area (Å²) in [6.45, 7) is 3.27. The van der Waals surface area contributed by atoms with Crippen molar-refractivity contribution in [2.45, 2.75) is 0 Å². The van der Waals surface area contributed by atoms with Crippen LogP contribution in [0.15, 0.2) is 55.1 Å². The van der Waals surface area contributed by atoms with Crippen LogP contribution in [0.25, 0.3) is 0 Å². The summed E-state index contributed by atoms with van der Waals surface area (Å²) in [6.07, 6.45) is 1.59. The number of esters is 1. The molecule has 28 heavy (non-hydrogen) atoms.